The smallest absolute Gasteiger partial charge is 0.353 e. The molecule has 12 heteroatoms. The van der Waals surface area contributed by atoms with E-state index in [1.165, 1.54) is 13.8 Å². The number of anilines is 1. The Labute approximate surface area is 197 Å². The van der Waals surface area contributed by atoms with Crippen molar-refractivity contribution in [2.45, 2.75) is 94.3 Å². The average Bonchev–Trinajstić information content (AvgIpc) is 3.42. The number of sulfone groups is 1. The minimum atomic E-state index is -4.46. The standard InChI is InChI=1S/C22H33F3N2O6S/c1-20(2,34(29,30)13-7-11-22(23,24)25)19(28)26-17-14-16(27-33-17)21(9-4-5-10-21)15-32-18-8-3-6-12-31-18/h14,18H,3-13,15H2,1-2H3,(H,26,28). The quantitative estimate of drug-likeness (QED) is 0.494. The Balaban J connectivity index is 1.64. The van der Waals surface area contributed by atoms with E-state index in [9.17, 15) is 26.4 Å². The maximum Gasteiger partial charge on any atom is 0.389 e. The van der Waals surface area contributed by atoms with Gasteiger partial charge in [0.25, 0.3) is 0 Å². The number of rotatable bonds is 10. The number of alkyl halides is 3. The van der Waals surface area contributed by atoms with E-state index in [0.29, 0.717) is 18.9 Å². The number of hydrogen-bond donors (Lipinski definition) is 1. The summed E-state index contributed by atoms with van der Waals surface area (Å²) in [4.78, 5) is 12.7. The van der Waals surface area contributed by atoms with Crippen LogP contribution in [0.2, 0.25) is 0 Å². The molecule has 34 heavy (non-hydrogen) atoms. The Morgan fingerprint density at radius 1 is 1.24 bits per heavy atom. The van der Waals surface area contributed by atoms with Crippen molar-refractivity contribution in [2.24, 2.45) is 0 Å². The number of ether oxygens (including phenoxy) is 2. The predicted octanol–water partition coefficient (Wildman–Crippen LogP) is 4.50. The van der Waals surface area contributed by atoms with E-state index < -0.39 is 45.3 Å². The number of aromatic nitrogens is 1. The molecular formula is C22H33F3N2O6S. The van der Waals surface area contributed by atoms with Crippen LogP contribution in [-0.2, 0) is 29.5 Å². The van der Waals surface area contributed by atoms with E-state index >= 15 is 0 Å². The molecule has 1 aliphatic carbocycles. The molecule has 1 saturated carbocycles. The van der Waals surface area contributed by atoms with Gasteiger partial charge in [0, 0.05) is 24.5 Å². The lowest BCUT2D eigenvalue weighted by Crippen LogP contribution is -2.45. The molecule has 0 aromatic carbocycles. The molecule has 8 nitrogen and oxygen atoms in total. The monoisotopic (exact) mass is 510 g/mol. The Bertz CT molecular complexity index is 933. The lowest BCUT2D eigenvalue weighted by Gasteiger charge is -2.30. The molecule has 1 aromatic rings. The van der Waals surface area contributed by atoms with Crippen LogP contribution in [0.4, 0.5) is 19.1 Å². The molecule has 0 bridgehead atoms. The van der Waals surface area contributed by atoms with Crippen molar-refractivity contribution in [1.82, 2.24) is 5.16 Å². The normalized spacial score (nSPS) is 21.5. The predicted molar refractivity (Wildman–Crippen MR) is 118 cm³/mol. The third kappa shape index (κ3) is 6.51. The molecular weight excluding hydrogens is 477 g/mol. The van der Waals surface area contributed by atoms with E-state index in [1.807, 2.05) is 0 Å². The van der Waals surface area contributed by atoms with Crippen LogP contribution in [-0.4, -0.2) is 55.7 Å². The first-order valence-electron chi connectivity index (χ1n) is 11.7. The van der Waals surface area contributed by atoms with Gasteiger partial charge in [-0.1, -0.05) is 18.0 Å². The topological polar surface area (TPSA) is 108 Å². The third-order valence-electron chi connectivity index (χ3n) is 6.73. The van der Waals surface area contributed by atoms with Crippen LogP contribution < -0.4 is 5.32 Å². The molecule has 0 radical (unpaired) electrons. The maximum absolute atomic E-state index is 12.7. The first kappa shape index (κ1) is 26.9. The van der Waals surface area contributed by atoms with Crippen LogP contribution >= 0.6 is 0 Å². The minimum absolute atomic E-state index is 0.0150. The van der Waals surface area contributed by atoms with Crippen molar-refractivity contribution in [1.29, 1.82) is 0 Å². The highest BCUT2D eigenvalue weighted by Gasteiger charge is 2.43. The van der Waals surface area contributed by atoms with Gasteiger partial charge in [-0.2, -0.15) is 13.2 Å². The number of nitrogens with one attached hydrogen (secondary N) is 1. The van der Waals surface area contributed by atoms with Gasteiger partial charge < -0.3 is 14.0 Å². The van der Waals surface area contributed by atoms with Crippen molar-refractivity contribution in [3.05, 3.63) is 11.8 Å². The first-order chi connectivity index (χ1) is 15.8. The van der Waals surface area contributed by atoms with Gasteiger partial charge in [-0.3, -0.25) is 10.1 Å². The van der Waals surface area contributed by atoms with Gasteiger partial charge in [0.15, 0.2) is 16.1 Å². The highest BCUT2D eigenvalue weighted by Crippen LogP contribution is 2.42. The molecule has 1 saturated heterocycles. The molecule has 0 spiro atoms. The molecule has 1 N–H and O–H groups in total. The fourth-order valence-electron chi connectivity index (χ4n) is 4.33. The summed E-state index contributed by atoms with van der Waals surface area (Å²) in [5.41, 5.74) is 0.230. The molecule has 1 aromatic heterocycles. The zero-order valence-electron chi connectivity index (χ0n) is 19.6. The molecule has 2 fully saturated rings. The summed E-state index contributed by atoms with van der Waals surface area (Å²) in [7, 11) is -4.15. The Morgan fingerprint density at radius 2 is 1.94 bits per heavy atom. The van der Waals surface area contributed by atoms with Crippen molar-refractivity contribution < 1.29 is 40.4 Å². The molecule has 2 heterocycles. The number of hydrogen-bond acceptors (Lipinski definition) is 7. The highest BCUT2D eigenvalue weighted by molar-refractivity contribution is 7.93. The summed E-state index contributed by atoms with van der Waals surface area (Å²) >= 11 is 0. The number of amides is 1. The van der Waals surface area contributed by atoms with E-state index in [2.05, 4.69) is 10.5 Å². The van der Waals surface area contributed by atoms with Crippen LogP contribution in [0.15, 0.2) is 10.6 Å². The largest absolute Gasteiger partial charge is 0.389 e. The summed E-state index contributed by atoms with van der Waals surface area (Å²) in [6.45, 7) is 3.40. The number of carbonyl (C=O) groups excluding carboxylic acids is 1. The number of carbonyl (C=O) groups is 1. The van der Waals surface area contributed by atoms with Crippen LogP contribution in [0.5, 0.6) is 0 Å². The molecule has 194 valence electrons. The van der Waals surface area contributed by atoms with E-state index in [4.69, 9.17) is 14.0 Å². The first-order valence-corrected chi connectivity index (χ1v) is 13.3. The lowest BCUT2D eigenvalue weighted by atomic mass is 9.83. The van der Waals surface area contributed by atoms with Crippen LogP contribution in [0.1, 0.15) is 77.3 Å². The van der Waals surface area contributed by atoms with Gasteiger partial charge in [-0.05, 0) is 52.4 Å². The minimum Gasteiger partial charge on any atom is -0.353 e. The second-order valence-corrected chi connectivity index (χ2v) is 12.3. The fraction of sp³-hybridized carbons (Fsp3) is 0.818. The molecule has 1 unspecified atom stereocenters. The van der Waals surface area contributed by atoms with Gasteiger partial charge in [0.05, 0.1) is 18.1 Å². The van der Waals surface area contributed by atoms with E-state index in [1.54, 1.807) is 6.07 Å². The van der Waals surface area contributed by atoms with Gasteiger partial charge in [-0.15, -0.1) is 0 Å². The summed E-state index contributed by atoms with van der Waals surface area (Å²) in [6, 6.07) is 1.57. The average molecular weight is 511 g/mol. The van der Waals surface area contributed by atoms with Gasteiger partial charge >= 0.3 is 6.18 Å². The van der Waals surface area contributed by atoms with Gasteiger partial charge in [0.2, 0.25) is 11.8 Å². The van der Waals surface area contributed by atoms with Crippen molar-refractivity contribution in [3.63, 3.8) is 0 Å². The maximum atomic E-state index is 12.7. The zero-order chi connectivity index (χ0) is 25.0. The Kier molecular flexibility index (Phi) is 8.34. The lowest BCUT2D eigenvalue weighted by molar-refractivity contribution is -0.172. The SMILES string of the molecule is CC(C)(C(=O)Nc1cc(C2(COC3CCCCO3)CCCC2)no1)S(=O)(=O)CCCC(F)(F)F. The zero-order valence-corrected chi connectivity index (χ0v) is 20.4. The number of nitrogens with zero attached hydrogens (tertiary/aromatic N) is 1. The van der Waals surface area contributed by atoms with Gasteiger partial charge in [-0.25, -0.2) is 8.42 Å². The second kappa shape index (κ2) is 10.5. The molecule has 1 atom stereocenters. The molecule has 1 aliphatic heterocycles. The highest BCUT2D eigenvalue weighted by atomic mass is 32.2. The third-order valence-corrected chi connectivity index (χ3v) is 9.30. The fourth-order valence-corrected chi connectivity index (χ4v) is 5.69. The number of halogens is 3. The molecule has 2 aliphatic rings. The Morgan fingerprint density at radius 3 is 2.56 bits per heavy atom. The summed E-state index contributed by atoms with van der Waals surface area (Å²) in [6.07, 6.45) is 0.00729. The second-order valence-electron chi connectivity index (χ2n) is 9.67. The van der Waals surface area contributed by atoms with E-state index in [-0.39, 0.29) is 17.6 Å². The molecule has 3 rings (SSSR count). The van der Waals surface area contributed by atoms with Gasteiger partial charge in [0.1, 0.15) is 4.75 Å². The van der Waals surface area contributed by atoms with Crippen molar-refractivity contribution >= 4 is 21.6 Å². The van der Waals surface area contributed by atoms with Crippen molar-refractivity contribution in [2.75, 3.05) is 24.3 Å². The van der Waals surface area contributed by atoms with Crippen LogP contribution in [0.3, 0.4) is 0 Å². The van der Waals surface area contributed by atoms with E-state index in [0.717, 1.165) is 44.9 Å². The summed E-state index contributed by atoms with van der Waals surface area (Å²) < 4.78 is 77.3. The molecule has 1 amide bonds. The summed E-state index contributed by atoms with van der Waals surface area (Å²) in [5, 5.41) is 6.55. The Hall–Kier alpha value is -1.66. The van der Waals surface area contributed by atoms with Crippen LogP contribution in [0, 0.1) is 0 Å². The van der Waals surface area contributed by atoms with Crippen LogP contribution in [0.25, 0.3) is 0 Å². The summed E-state index contributed by atoms with van der Waals surface area (Å²) in [5.74, 6) is -1.66. The van der Waals surface area contributed by atoms with Crippen molar-refractivity contribution in [3.8, 4) is 0 Å².